The van der Waals surface area contributed by atoms with Crippen molar-refractivity contribution in [2.24, 2.45) is 0 Å². The second kappa shape index (κ2) is 6.07. The molecular formula is C14H12F3NO4S. The van der Waals surface area contributed by atoms with E-state index in [1.54, 1.807) is 19.1 Å². The van der Waals surface area contributed by atoms with Crippen molar-refractivity contribution >= 4 is 10.1 Å². The summed E-state index contributed by atoms with van der Waals surface area (Å²) in [5.74, 6) is -0.367. The minimum absolute atomic E-state index is 0.0994. The van der Waals surface area contributed by atoms with Crippen molar-refractivity contribution in [3.8, 4) is 22.8 Å². The molecule has 0 unspecified atom stereocenters. The van der Waals surface area contributed by atoms with E-state index >= 15 is 0 Å². The second-order valence-corrected chi connectivity index (χ2v) is 6.05. The fourth-order valence-corrected chi connectivity index (χ4v) is 2.24. The van der Waals surface area contributed by atoms with Crippen LogP contribution in [0.4, 0.5) is 13.2 Å². The second-order valence-electron chi connectivity index (χ2n) is 4.51. The van der Waals surface area contributed by atoms with Gasteiger partial charge in [0.1, 0.15) is 5.75 Å². The number of aryl methyl sites for hydroxylation is 1. The maximum atomic E-state index is 12.5. The molecule has 0 aliphatic rings. The highest BCUT2D eigenvalue weighted by Crippen LogP contribution is 2.36. The van der Waals surface area contributed by atoms with E-state index in [0.717, 1.165) is 6.07 Å². The first-order chi connectivity index (χ1) is 10.6. The van der Waals surface area contributed by atoms with E-state index in [9.17, 15) is 21.6 Å². The van der Waals surface area contributed by atoms with Crippen LogP contribution in [0.5, 0.6) is 11.5 Å². The molecule has 0 fully saturated rings. The number of nitrogens with zero attached hydrogens (tertiary/aromatic N) is 1. The molecule has 5 nitrogen and oxygen atoms in total. The first-order valence-corrected chi connectivity index (χ1v) is 7.68. The normalized spacial score (nSPS) is 12.0. The first-order valence-electron chi connectivity index (χ1n) is 6.27. The molecule has 0 saturated heterocycles. The Balaban J connectivity index is 2.57. The van der Waals surface area contributed by atoms with Gasteiger partial charge >= 0.3 is 15.6 Å². The molecule has 1 aromatic heterocycles. The Kier molecular flexibility index (Phi) is 4.51. The van der Waals surface area contributed by atoms with Crippen LogP contribution in [0.15, 0.2) is 36.4 Å². The SMILES string of the molecule is COc1ccc(-c2cccc(C)n2)c(OS(=O)(=O)C(F)(F)F)c1. The van der Waals surface area contributed by atoms with Crippen molar-refractivity contribution in [1.82, 2.24) is 4.98 Å². The quantitative estimate of drug-likeness (QED) is 0.627. The van der Waals surface area contributed by atoms with Crippen LogP contribution in [-0.4, -0.2) is 26.0 Å². The molecule has 0 radical (unpaired) electrons. The minimum Gasteiger partial charge on any atom is -0.497 e. The Morgan fingerprint density at radius 1 is 1.13 bits per heavy atom. The van der Waals surface area contributed by atoms with Gasteiger partial charge in [0.25, 0.3) is 0 Å². The van der Waals surface area contributed by atoms with Gasteiger partial charge in [0.2, 0.25) is 0 Å². The summed E-state index contributed by atoms with van der Waals surface area (Å²) in [5, 5.41) is 0. The predicted octanol–water partition coefficient (Wildman–Crippen LogP) is 3.29. The molecule has 0 N–H and O–H groups in total. The lowest BCUT2D eigenvalue weighted by Crippen LogP contribution is -2.28. The topological polar surface area (TPSA) is 65.5 Å². The molecule has 0 aliphatic carbocycles. The van der Waals surface area contributed by atoms with E-state index in [1.165, 1.54) is 25.3 Å². The molecule has 0 bridgehead atoms. The third-order valence-corrected chi connectivity index (χ3v) is 3.80. The Morgan fingerprint density at radius 3 is 2.39 bits per heavy atom. The van der Waals surface area contributed by atoms with Crippen LogP contribution in [0.25, 0.3) is 11.3 Å². The summed E-state index contributed by atoms with van der Waals surface area (Å²) in [5.41, 5.74) is -4.54. The van der Waals surface area contributed by atoms with Crippen LogP contribution in [-0.2, 0) is 10.1 Å². The number of ether oxygens (including phenoxy) is 1. The van der Waals surface area contributed by atoms with Crippen molar-refractivity contribution in [2.75, 3.05) is 7.11 Å². The molecule has 1 heterocycles. The maximum absolute atomic E-state index is 12.5. The zero-order valence-corrected chi connectivity index (χ0v) is 12.9. The van der Waals surface area contributed by atoms with Crippen molar-refractivity contribution < 1.29 is 30.5 Å². The molecule has 0 aliphatic heterocycles. The average molecular weight is 347 g/mol. The highest BCUT2D eigenvalue weighted by atomic mass is 32.2. The zero-order valence-electron chi connectivity index (χ0n) is 12.1. The summed E-state index contributed by atoms with van der Waals surface area (Å²) in [6.45, 7) is 1.69. The molecule has 0 atom stereocenters. The molecular weight excluding hydrogens is 335 g/mol. The number of methoxy groups -OCH3 is 1. The number of benzene rings is 1. The number of pyridine rings is 1. The van der Waals surface area contributed by atoms with Crippen LogP contribution >= 0.6 is 0 Å². The number of halogens is 3. The summed E-state index contributed by atoms with van der Waals surface area (Å²) >= 11 is 0. The molecule has 2 rings (SSSR count). The van der Waals surface area contributed by atoms with Gasteiger partial charge in [-0.2, -0.15) is 21.6 Å². The molecule has 1 aromatic carbocycles. The van der Waals surface area contributed by atoms with Crippen LogP contribution in [0, 0.1) is 6.92 Å². The van der Waals surface area contributed by atoms with Crippen molar-refractivity contribution in [3.63, 3.8) is 0 Å². The van der Waals surface area contributed by atoms with Gasteiger partial charge in [-0.3, -0.25) is 4.98 Å². The summed E-state index contributed by atoms with van der Waals surface area (Å²) < 4.78 is 69.3. The van der Waals surface area contributed by atoms with Gasteiger partial charge in [0.15, 0.2) is 5.75 Å². The summed E-state index contributed by atoms with van der Waals surface area (Å²) in [4.78, 5) is 4.15. The third-order valence-electron chi connectivity index (χ3n) is 2.84. The van der Waals surface area contributed by atoms with Crippen LogP contribution < -0.4 is 8.92 Å². The van der Waals surface area contributed by atoms with E-state index < -0.39 is 21.4 Å². The van der Waals surface area contributed by atoms with Crippen molar-refractivity contribution in [1.29, 1.82) is 0 Å². The number of hydrogen-bond acceptors (Lipinski definition) is 5. The van der Waals surface area contributed by atoms with Crippen LogP contribution in [0.2, 0.25) is 0 Å². The predicted molar refractivity (Wildman–Crippen MR) is 76.6 cm³/mol. The average Bonchev–Trinajstić information content (AvgIpc) is 2.45. The first kappa shape index (κ1) is 17.1. The molecule has 9 heteroatoms. The van der Waals surface area contributed by atoms with Gasteiger partial charge in [-0.05, 0) is 31.2 Å². The van der Waals surface area contributed by atoms with E-state index in [1.807, 2.05) is 0 Å². The molecule has 124 valence electrons. The Labute approximate surface area is 130 Å². The highest BCUT2D eigenvalue weighted by Gasteiger charge is 2.48. The molecule has 23 heavy (non-hydrogen) atoms. The minimum atomic E-state index is -5.80. The van der Waals surface area contributed by atoms with Crippen LogP contribution in [0.1, 0.15) is 5.69 Å². The van der Waals surface area contributed by atoms with E-state index in [0.29, 0.717) is 5.69 Å². The van der Waals surface area contributed by atoms with Gasteiger partial charge in [-0.25, -0.2) is 0 Å². The smallest absolute Gasteiger partial charge is 0.497 e. The van der Waals surface area contributed by atoms with Gasteiger partial charge < -0.3 is 8.92 Å². The lowest BCUT2D eigenvalue weighted by Gasteiger charge is -2.14. The van der Waals surface area contributed by atoms with Gasteiger partial charge in [0.05, 0.1) is 12.8 Å². The Morgan fingerprint density at radius 2 is 1.83 bits per heavy atom. The monoisotopic (exact) mass is 347 g/mol. The largest absolute Gasteiger partial charge is 0.534 e. The van der Waals surface area contributed by atoms with Gasteiger partial charge in [-0.15, -0.1) is 0 Å². The summed E-state index contributed by atoms with van der Waals surface area (Å²) in [7, 11) is -4.51. The van der Waals surface area contributed by atoms with Crippen molar-refractivity contribution in [3.05, 3.63) is 42.1 Å². The highest BCUT2D eigenvalue weighted by molar-refractivity contribution is 7.88. The van der Waals surface area contributed by atoms with E-state index in [2.05, 4.69) is 9.17 Å². The molecule has 0 spiro atoms. The van der Waals surface area contributed by atoms with Crippen molar-refractivity contribution in [2.45, 2.75) is 12.4 Å². The fourth-order valence-electron chi connectivity index (χ4n) is 1.77. The zero-order chi connectivity index (χ0) is 17.3. The summed E-state index contributed by atoms with van der Waals surface area (Å²) in [6.07, 6.45) is 0. The third kappa shape index (κ3) is 3.73. The Hall–Kier alpha value is -2.29. The van der Waals surface area contributed by atoms with E-state index in [-0.39, 0.29) is 17.0 Å². The maximum Gasteiger partial charge on any atom is 0.534 e. The molecule has 0 amide bonds. The number of alkyl halides is 3. The lowest BCUT2D eigenvalue weighted by atomic mass is 10.1. The number of aromatic nitrogens is 1. The lowest BCUT2D eigenvalue weighted by molar-refractivity contribution is -0.0499. The standard InChI is InChI=1S/C14H12F3NO4S/c1-9-4-3-5-12(18-9)11-7-6-10(21-2)8-13(11)22-23(19,20)14(15,16)17/h3-8H,1-2H3. The number of rotatable bonds is 4. The summed E-state index contributed by atoms with van der Waals surface area (Å²) in [6, 6.07) is 8.77. The molecule has 2 aromatic rings. The van der Waals surface area contributed by atoms with Gasteiger partial charge in [-0.1, -0.05) is 6.07 Å². The Bertz CT molecular complexity index is 819. The molecule has 0 saturated carbocycles. The number of hydrogen-bond donors (Lipinski definition) is 0. The fraction of sp³-hybridized carbons (Fsp3) is 0.214. The van der Waals surface area contributed by atoms with Crippen LogP contribution in [0.3, 0.4) is 0 Å². The van der Waals surface area contributed by atoms with E-state index in [4.69, 9.17) is 4.74 Å². The van der Waals surface area contributed by atoms with Gasteiger partial charge in [0, 0.05) is 17.3 Å².